The van der Waals surface area contributed by atoms with E-state index >= 15 is 0 Å². The van der Waals surface area contributed by atoms with E-state index < -0.39 is 0 Å². The van der Waals surface area contributed by atoms with Crippen LogP contribution in [0.2, 0.25) is 0 Å². The highest BCUT2D eigenvalue weighted by Gasteiger charge is 2.20. The Labute approximate surface area is 153 Å². The molecule has 2 rings (SSSR count). The number of nitrogens with one attached hydrogen (secondary N) is 1. The molecule has 0 fully saturated rings. The molecule has 0 saturated carbocycles. The minimum Gasteiger partial charge on any atom is -0.493 e. The molecule has 1 N–H and O–H groups in total. The molecule has 0 aromatic heterocycles. The number of hydrogen-bond donors (Lipinski definition) is 1. The predicted molar refractivity (Wildman–Crippen MR) is 102 cm³/mol. The highest BCUT2D eigenvalue weighted by atomic mass is 32.2. The molecule has 2 atom stereocenters. The molecule has 0 aliphatic carbocycles. The van der Waals surface area contributed by atoms with Crippen molar-refractivity contribution in [3.63, 3.8) is 0 Å². The van der Waals surface area contributed by atoms with E-state index in [0.717, 1.165) is 16.9 Å². The normalized spacial score (nSPS) is 13.0. The SMILES string of the molecule is CC[C@H](NC(=O)[C@@H](C)Sc1ccccc1)c1ccc(OC)c(OC)c1. The minimum absolute atomic E-state index is 0.0236. The maximum Gasteiger partial charge on any atom is 0.233 e. The lowest BCUT2D eigenvalue weighted by Gasteiger charge is -2.21. The van der Waals surface area contributed by atoms with Gasteiger partial charge in [0.1, 0.15) is 0 Å². The third-order valence-electron chi connectivity index (χ3n) is 3.96. The molecule has 0 bridgehead atoms. The van der Waals surface area contributed by atoms with Gasteiger partial charge < -0.3 is 14.8 Å². The quantitative estimate of drug-likeness (QED) is 0.707. The fourth-order valence-electron chi connectivity index (χ4n) is 2.54. The molecule has 0 aliphatic heterocycles. The van der Waals surface area contributed by atoms with Crippen LogP contribution in [0.1, 0.15) is 31.9 Å². The molecule has 4 nitrogen and oxygen atoms in total. The molecule has 25 heavy (non-hydrogen) atoms. The highest BCUT2D eigenvalue weighted by molar-refractivity contribution is 8.00. The average molecular weight is 359 g/mol. The van der Waals surface area contributed by atoms with Crippen LogP contribution in [0.3, 0.4) is 0 Å². The Bertz CT molecular complexity index is 691. The Morgan fingerprint density at radius 2 is 1.76 bits per heavy atom. The lowest BCUT2D eigenvalue weighted by Crippen LogP contribution is -2.34. The van der Waals surface area contributed by atoms with Crippen LogP contribution < -0.4 is 14.8 Å². The van der Waals surface area contributed by atoms with Gasteiger partial charge in [-0.2, -0.15) is 0 Å². The number of carbonyl (C=O) groups excluding carboxylic acids is 1. The second-order valence-corrected chi connectivity index (χ2v) is 7.07. The van der Waals surface area contributed by atoms with E-state index in [9.17, 15) is 4.79 Å². The largest absolute Gasteiger partial charge is 0.493 e. The Balaban J connectivity index is 2.06. The maximum absolute atomic E-state index is 12.6. The Morgan fingerprint density at radius 3 is 2.36 bits per heavy atom. The second-order valence-electron chi connectivity index (χ2n) is 5.66. The number of benzene rings is 2. The van der Waals surface area contributed by atoms with E-state index in [1.165, 1.54) is 0 Å². The van der Waals surface area contributed by atoms with Crippen LogP contribution in [0.15, 0.2) is 53.4 Å². The Kier molecular flexibility index (Phi) is 7.19. The van der Waals surface area contributed by atoms with Gasteiger partial charge in [0.25, 0.3) is 0 Å². The first-order valence-corrected chi connectivity index (χ1v) is 9.21. The number of amides is 1. The molecule has 0 heterocycles. The van der Waals surface area contributed by atoms with Crippen molar-refractivity contribution in [1.82, 2.24) is 5.32 Å². The smallest absolute Gasteiger partial charge is 0.233 e. The highest BCUT2D eigenvalue weighted by Crippen LogP contribution is 2.31. The zero-order chi connectivity index (χ0) is 18.2. The van der Waals surface area contributed by atoms with Gasteiger partial charge >= 0.3 is 0 Å². The summed E-state index contributed by atoms with van der Waals surface area (Å²) in [6.07, 6.45) is 0.796. The summed E-state index contributed by atoms with van der Waals surface area (Å²) in [5, 5.41) is 2.97. The average Bonchev–Trinajstić information content (AvgIpc) is 2.66. The van der Waals surface area contributed by atoms with Crippen LogP contribution in [0, 0.1) is 0 Å². The lowest BCUT2D eigenvalue weighted by atomic mass is 10.0. The van der Waals surface area contributed by atoms with Crippen molar-refractivity contribution in [3.05, 3.63) is 54.1 Å². The van der Waals surface area contributed by atoms with Crippen LogP contribution in [0.4, 0.5) is 0 Å². The number of methoxy groups -OCH3 is 2. The van der Waals surface area contributed by atoms with Gasteiger partial charge in [-0.3, -0.25) is 4.79 Å². The molecule has 0 spiro atoms. The van der Waals surface area contributed by atoms with E-state index in [1.54, 1.807) is 26.0 Å². The van der Waals surface area contributed by atoms with Crippen molar-refractivity contribution in [2.75, 3.05) is 14.2 Å². The van der Waals surface area contributed by atoms with Crippen molar-refractivity contribution >= 4 is 17.7 Å². The molecule has 2 aromatic rings. The van der Waals surface area contributed by atoms with Crippen LogP contribution in [-0.4, -0.2) is 25.4 Å². The molecule has 5 heteroatoms. The summed E-state index contributed by atoms with van der Waals surface area (Å²) in [5.41, 5.74) is 1.01. The monoisotopic (exact) mass is 359 g/mol. The zero-order valence-electron chi connectivity index (χ0n) is 15.1. The zero-order valence-corrected chi connectivity index (χ0v) is 15.9. The molecule has 2 aromatic carbocycles. The number of ether oxygens (including phenoxy) is 2. The van der Waals surface area contributed by atoms with Gasteiger partial charge in [0, 0.05) is 4.90 Å². The van der Waals surface area contributed by atoms with Gasteiger partial charge in [-0.15, -0.1) is 11.8 Å². The lowest BCUT2D eigenvalue weighted by molar-refractivity contribution is -0.121. The number of rotatable bonds is 8. The van der Waals surface area contributed by atoms with E-state index in [2.05, 4.69) is 12.2 Å². The van der Waals surface area contributed by atoms with E-state index in [0.29, 0.717) is 11.5 Å². The molecule has 134 valence electrons. The number of carbonyl (C=O) groups is 1. The van der Waals surface area contributed by atoms with E-state index in [4.69, 9.17) is 9.47 Å². The van der Waals surface area contributed by atoms with Gasteiger partial charge in [0.2, 0.25) is 5.91 Å². The topological polar surface area (TPSA) is 47.6 Å². The van der Waals surface area contributed by atoms with E-state index in [-0.39, 0.29) is 17.2 Å². The van der Waals surface area contributed by atoms with Crippen LogP contribution in [0.25, 0.3) is 0 Å². The molecule has 0 aliphatic rings. The Hall–Kier alpha value is -2.14. The van der Waals surface area contributed by atoms with Crippen LogP contribution in [0.5, 0.6) is 11.5 Å². The fourth-order valence-corrected chi connectivity index (χ4v) is 3.43. The molecular weight excluding hydrogens is 334 g/mol. The molecule has 0 saturated heterocycles. The first-order chi connectivity index (χ1) is 12.1. The van der Waals surface area contributed by atoms with Gasteiger partial charge in [-0.1, -0.05) is 31.2 Å². The van der Waals surface area contributed by atoms with Gasteiger partial charge in [-0.05, 0) is 43.2 Å². The summed E-state index contributed by atoms with van der Waals surface area (Å²) in [7, 11) is 3.22. The third-order valence-corrected chi connectivity index (χ3v) is 5.07. The Morgan fingerprint density at radius 1 is 1.08 bits per heavy atom. The molecule has 1 amide bonds. The summed E-state index contributed by atoms with van der Waals surface area (Å²) in [6.45, 7) is 3.98. The molecule has 0 radical (unpaired) electrons. The molecular formula is C20H25NO3S. The summed E-state index contributed by atoms with van der Waals surface area (Å²) < 4.78 is 10.6. The standard InChI is InChI=1S/C20H25NO3S/c1-5-17(15-11-12-18(23-3)19(13-15)24-4)21-20(22)14(2)25-16-9-7-6-8-10-16/h6-14,17H,5H2,1-4H3,(H,21,22)/t14-,17+/m1/s1. The minimum atomic E-state index is -0.170. The van der Waals surface area contributed by atoms with Gasteiger partial charge in [0.15, 0.2) is 11.5 Å². The first kappa shape index (κ1) is 19.2. The summed E-state index contributed by atoms with van der Waals surface area (Å²) in [6, 6.07) is 15.6. The van der Waals surface area contributed by atoms with E-state index in [1.807, 2.05) is 55.5 Å². The summed E-state index contributed by atoms with van der Waals surface area (Å²) in [4.78, 5) is 13.7. The van der Waals surface area contributed by atoms with Crippen LogP contribution >= 0.6 is 11.8 Å². The van der Waals surface area contributed by atoms with Crippen molar-refractivity contribution < 1.29 is 14.3 Å². The van der Waals surface area contributed by atoms with Crippen molar-refractivity contribution in [1.29, 1.82) is 0 Å². The third kappa shape index (κ3) is 5.16. The van der Waals surface area contributed by atoms with Crippen molar-refractivity contribution in [2.45, 2.75) is 36.5 Å². The second kappa shape index (κ2) is 9.37. The maximum atomic E-state index is 12.6. The first-order valence-electron chi connectivity index (χ1n) is 8.33. The fraction of sp³-hybridized carbons (Fsp3) is 0.350. The van der Waals surface area contributed by atoms with Gasteiger partial charge in [0.05, 0.1) is 25.5 Å². The number of hydrogen-bond acceptors (Lipinski definition) is 4. The van der Waals surface area contributed by atoms with Crippen molar-refractivity contribution in [3.8, 4) is 11.5 Å². The van der Waals surface area contributed by atoms with Crippen LogP contribution in [-0.2, 0) is 4.79 Å². The van der Waals surface area contributed by atoms with Crippen molar-refractivity contribution in [2.24, 2.45) is 0 Å². The summed E-state index contributed by atoms with van der Waals surface area (Å²) in [5.74, 6) is 1.37. The molecule has 0 unspecified atom stereocenters. The summed E-state index contributed by atoms with van der Waals surface area (Å²) >= 11 is 1.56. The predicted octanol–water partition coefficient (Wildman–Crippen LogP) is 4.45. The number of thioether (sulfide) groups is 1. The van der Waals surface area contributed by atoms with Gasteiger partial charge in [-0.25, -0.2) is 0 Å².